The maximum absolute atomic E-state index is 10.8. The SMILES string of the molecule is CNCCN(C)Cc1ccc(N=C(c2ccccc2)c2c(O)[nH]c3cc(Cl)ccc23)cc1. The number of hydrogen-bond donors (Lipinski definition) is 3. The maximum Gasteiger partial charge on any atom is 0.199 e. The minimum absolute atomic E-state index is 0.0765. The van der Waals surface area contributed by atoms with E-state index in [1.807, 2.05) is 67.7 Å². The number of aromatic nitrogens is 1. The van der Waals surface area contributed by atoms with Gasteiger partial charge in [0.05, 0.1) is 22.5 Å². The molecular weight excluding hydrogens is 420 g/mol. The Morgan fingerprint density at radius 3 is 2.53 bits per heavy atom. The highest BCUT2D eigenvalue weighted by molar-refractivity contribution is 6.31. The first kappa shape index (κ1) is 22.1. The Balaban J connectivity index is 1.72. The van der Waals surface area contributed by atoms with Crippen molar-refractivity contribution in [2.45, 2.75) is 6.54 Å². The predicted molar refractivity (Wildman–Crippen MR) is 133 cm³/mol. The van der Waals surface area contributed by atoms with E-state index in [0.29, 0.717) is 16.3 Å². The highest BCUT2D eigenvalue weighted by Gasteiger charge is 2.18. The smallest absolute Gasteiger partial charge is 0.199 e. The van der Waals surface area contributed by atoms with Crippen molar-refractivity contribution in [3.05, 3.63) is 94.5 Å². The number of aromatic hydroxyl groups is 1. The minimum Gasteiger partial charge on any atom is -0.494 e. The van der Waals surface area contributed by atoms with Crippen LogP contribution in [0.1, 0.15) is 16.7 Å². The topological polar surface area (TPSA) is 63.6 Å². The number of hydrogen-bond acceptors (Lipinski definition) is 4. The molecule has 0 saturated carbocycles. The summed E-state index contributed by atoms with van der Waals surface area (Å²) >= 11 is 6.15. The van der Waals surface area contributed by atoms with E-state index in [4.69, 9.17) is 16.6 Å². The van der Waals surface area contributed by atoms with Crippen molar-refractivity contribution in [1.29, 1.82) is 0 Å². The zero-order valence-corrected chi connectivity index (χ0v) is 19.0. The lowest BCUT2D eigenvalue weighted by molar-refractivity contribution is 0.328. The van der Waals surface area contributed by atoms with Crippen LogP contribution < -0.4 is 5.32 Å². The number of H-pyrrole nitrogens is 1. The summed E-state index contributed by atoms with van der Waals surface area (Å²) in [6.07, 6.45) is 0. The van der Waals surface area contributed by atoms with Gasteiger partial charge < -0.3 is 20.3 Å². The van der Waals surface area contributed by atoms with E-state index in [-0.39, 0.29) is 5.88 Å². The predicted octanol–water partition coefficient (Wildman–Crippen LogP) is 5.35. The van der Waals surface area contributed by atoms with Gasteiger partial charge in [-0.2, -0.15) is 0 Å². The molecule has 1 aromatic heterocycles. The summed E-state index contributed by atoms with van der Waals surface area (Å²) in [4.78, 5) is 10.3. The fourth-order valence-corrected chi connectivity index (χ4v) is 3.93. The molecule has 0 aliphatic rings. The van der Waals surface area contributed by atoms with E-state index in [1.54, 1.807) is 0 Å². The number of likely N-dealkylation sites (N-methyl/N-ethyl adjacent to an activating group) is 2. The van der Waals surface area contributed by atoms with Gasteiger partial charge in [0.15, 0.2) is 5.88 Å². The first-order chi connectivity index (χ1) is 15.5. The lowest BCUT2D eigenvalue weighted by Crippen LogP contribution is -2.26. The van der Waals surface area contributed by atoms with Crippen molar-refractivity contribution in [1.82, 2.24) is 15.2 Å². The fourth-order valence-electron chi connectivity index (χ4n) is 3.75. The van der Waals surface area contributed by atoms with Gasteiger partial charge in [-0.25, -0.2) is 4.99 Å². The normalized spacial score (nSPS) is 12.1. The van der Waals surface area contributed by atoms with Crippen LogP contribution in [-0.4, -0.2) is 47.9 Å². The second kappa shape index (κ2) is 10.0. The average molecular weight is 447 g/mol. The molecule has 0 radical (unpaired) electrons. The Morgan fingerprint density at radius 1 is 1.06 bits per heavy atom. The molecule has 5 nitrogen and oxygen atoms in total. The first-order valence-corrected chi connectivity index (χ1v) is 11.0. The first-order valence-electron chi connectivity index (χ1n) is 10.6. The van der Waals surface area contributed by atoms with Gasteiger partial charge in [0.2, 0.25) is 0 Å². The van der Waals surface area contributed by atoms with Crippen LogP contribution >= 0.6 is 11.6 Å². The number of rotatable bonds is 8. The van der Waals surface area contributed by atoms with Crippen LogP contribution in [0, 0.1) is 0 Å². The third-order valence-corrected chi connectivity index (χ3v) is 5.63. The Labute approximate surface area is 193 Å². The van der Waals surface area contributed by atoms with Gasteiger partial charge in [0.1, 0.15) is 0 Å². The third-order valence-electron chi connectivity index (χ3n) is 5.40. The largest absolute Gasteiger partial charge is 0.494 e. The van der Waals surface area contributed by atoms with Crippen molar-refractivity contribution in [3.8, 4) is 5.88 Å². The fraction of sp³-hybridized carbons (Fsp3) is 0.192. The quantitative estimate of drug-likeness (QED) is 0.320. The number of fused-ring (bicyclic) bond motifs is 1. The summed E-state index contributed by atoms with van der Waals surface area (Å²) in [5.41, 5.74) is 5.12. The van der Waals surface area contributed by atoms with Crippen molar-refractivity contribution < 1.29 is 5.11 Å². The van der Waals surface area contributed by atoms with Crippen LogP contribution in [0.25, 0.3) is 10.9 Å². The van der Waals surface area contributed by atoms with Gasteiger partial charge in [0, 0.05) is 35.6 Å². The second-order valence-corrected chi connectivity index (χ2v) is 8.31. The summed E-state index contributed by atoms with van der Waals surface area (Å²) in [6, 6.07) is 23.7. The van der Waals surface area contributed by atoms with E-state index in [2.05, 4.69) is 34.4 Å². The van der Waals surface area contributed by atoms with Gasteiger partial charge in [-0.05, 0) is 43.9 Å². The van der Waals surface area contributed by atoms with Crippen LogP contribution in [-0.2, 0) is 6.54 Å². The van der Waals surface area contributed by atoms with Gasteiger partial charge in [-0.3, -0.25) is 0 Å². The van der Waals surface area contributed by atoms with Crippen molar-refractivity contribution >= 4 is 33.9 Å². The number of halogens is 1. The zero-order valence-electron chi connectivity index (χ0n) is 18.3. The number of nitrogens with one attached hydrogen (secondary N) is 2. The van der Waals surface area contributed by atoms with E-state index in [1.165, 1.54) is 5.56 Å². The number of aliphatic imine (C=N–C) groups is 1. The molecule has 3 N–H and O–H groups in total. The van der Waals surface area contributed by atoms with Crippen LogP contribution in [0.2, 0.25) is 5.02 Å². The molecule has 0 unspecified atom stereocenters. The molecule has 0 saturated heterocycles. The van der Waals surface area contributed by atoms with Gasteiger partial charge in [-0.1, -0.05) is 60.1 Å². The zero-order chi connectivity index (χ0) is 22.5. The molecule has 0 aliphatic carbocycles. The Bertz CT molecular complexity index is 1220. The van der Waals surface area contributed by atoms with Crippen molar-refractivity contribution in [3.63, 3.8) is 0 Å². The lowest BCUT2D eigenvalue weighted by atomic mass is 10.0. The third kappa shape index (κ3) is 5.02. The van der Waals surface area contributed by atoms with Gasteiger partial charge in [-0.15, -0.1) is 0 Å². The molecule has 0 atom stereocenters. The van der Waals surface area contributed by atoms with Crippen LogP contribution in [0.5, 0.6) is 5.88 Å². The number of nitrogens with zero attached hydrogens (tertiary/aromatic N) is 2. The van der Waals surface area contributed by atoms with Gasteiger partial charge in [0.25, 0.3) is 0 Å². The molecule has 4 rings (SSSR count). The number of benzene rings is 3. The van der Waals surface area contributed by atoms with Crippen molar-refractivity contribution in [2.75, 3.05) is 27.2 Å². The Kier molecular flexibility index (Phi) is 6.90. The van der Waals surface area contributed by atoms with Crippen LogP contribution in [0.3, 0.4) is 0 Å². The summed E-state index contributed by atoms with van der Waals surface area (Å²) in [5.74, 6) is 0.0765. The molecule has 0 fully saturated rings. The molecule has 3 aromatic carbocycles. The molecule has 0 bridgehead atoms. The molecule has 0 aliphatic heterocycles. The summed E-state index contributed by atoms with van der Waals surface area (Å²) < 4.78 is 0. The highest BCUT2D eigenvalue weighted by atomic mass is 35.5. The van der Waals surface area contributed by atoms with Crippen LogP contribution in [0.15, 0.2) is 77.8 Å². The molecular formula is C26H27ClN4O. The molecule has 0 amide bonds. The Morgan fingerprint density at radius 2 is 1.81 bits per heavy atom. The van der Waals surface area contributed by atoms with Crippen molar-refractivity contribution in [2.24, 2.45) is 4.99 Å². The summed E-state index contributed by atoms with van der Waals surface area (Å²) in [5, 5.41) is 15.4. The maximum atomic E-state index is 10.8. The number of aromatic amines is 1. The van der Waals surface area contributed by atoms with Gasteiger partial charge >= 0.3 is 0 Å². The minimum atomic E-state index is 0.0765. The standard InChI is InChI=1S/C26H27ClN4O/c1-28-14-15-31(2)17-18-8-11-21(12-9-18)29-25(19-6-4-3-5-7-19)24-22-13-10-20(27)16-23(22)30-26(24)32/h3-13,16,28,30,32H,14-15,17H2,1-2H3. The summed E-state index contributed by atoms with van der Waals surface area (Å²) in [6.45, 7) is 2.82. The van der Waals surface area contributed by atoms with E-state index in [9.17, 15) is 5.11 Å². The summed E-state index contributed by atoms with van der Waals surface area (Å²) in [7, 11) is 4.08. The van der Waals surface area contributed by atoms with E-state index >= 15 is 0 Å². The molecule has 4 aromatic rings. The highest BCUT2D eigenvalue weighted by Crippen LogP contribution is 2.32. The lowest BCUT2D eigenvalue weighted by Gasteiger charge is -2.16. The second-order valence-electron chi connectivity index (χ2n) is 7.87. The molecule has 6 heteroatoms. The monoisotopic (exact) mass is 446 g/mol. The Hall–Kier alpha value is -3.12. The molecule has 164 valence electrons. The molecule has 1 heterocycles. The van der Waals surface area contributed by atoms with E-state index in [0.717, 1.165) is 41.8 Å². The average Bonchev–Trinajstić information content (AvgIpc) is 3.12. The van der Waals surface area contributed by atoms with Crippen LogP contribution in [0.4, 0.5) is 5.69 Å². The molecule has 0 spiro atoms. The molecule has 32 heavy (non-hydrogen) atoms. The van der Waals surface area contributed by atoms with E-state index < -0.39 is 0 Å².